The van der Waals surface area contributed by atoms with Gasteiger partial charge in [-0.25, -0.2) is 4.98 Å². The number of aromatic nitrogens is 4. The molecule has 3 rings (SSSR count). The summed E-state index contributed by atoms with van der Waals surface area (Å²) in [6.45, 7) is 4.16. The quantitative estimate of drug-likeness (QED) is 0.682. The van der Waals surface area contributed by atoms with E-state index in [1.165, 1.54) is 11.1 Å². The molecule has 0 unspecified atom stereocenters. The first-order chi connectivity index (χ1) is 8.65. The number of halogens is 1. The summed E-state index contributed by atoms with van der Waals surface area (Å²) < 4.78 is 0. The Balaban J connectivity index is 2.30. The molecule has 0 fully saturated rings. The molecule has 90 valence electrons. The summed E-state index contributed by atoms with van der Waals surface area (Å²) >= 11 is 5.93. The van der Waals surface area contributed by atoms with Crippen molar-refractivity contribution < 1.29 is 0 Å². The van der Waals surface area contributed by atoms with Gasteiger partial charge in [0, 0.05) is 5.56 Å². The molecule has 0 radical (unpaired) electrons. The van der Waals surface area contributed by atoms with E-state index in [-0.39, 0.29) is 5.28 Å². The van der Waals surface area contributed by atoms with Crippen LogP contribution >= 0.6 is 11.6 Å². The van der Waals surface area contributed by atoms with Crippen LogP contribution in [0.1, 0.15) is 11.1 Å². The van der Waals surface area contributed by atoms with Crippen LogP contribution in [-0.4, -0.2) is 20.2 Å². The fourth-order valence-corrected chi connectivity index (χ4v) is 2.09. The van der Waals surface area contributed by atoms with Gasteiger partial charge >= 0.3 is 0 Å². The Hall–Kier alpha value is -1.94. The Morgan fingerprint density at radius 3 is 2.72 bits per heavy atom. The van der Waals surface area contributed by atoms with Gasteiger partial charge in [0.2, 0.25) is 5.28 Å². The molecule has 1 aromatic carbocycles. The zero-order valence-electron chi connectivity index (χ0n) is 10.0. The topological polar surface area (TPSA) is 54.5 Å². The largest absolute Gasteiger partial charge is 0.261 e. The number of H-pyrrole nitrogens is 1. The molecule has 0 aliphatic rings. The van der Waals surface area contributed by atoms with Crippen molar-refractivity contribution >= 4 is 22.6 Å². The van der Waals surface area contributed by atoms with Crippen LogP contribution in [0.5, 0.6) is 0 Å². The number of hydrogen-bond donors (Lipinski definition) is 1. The molecule has 2 heterocycles. The average molecular weight is 259 g/mol. The highest BCUT2D eigenvalue weighted by molar-refractivity contribution is 6.28. The van der Waals surface area contributed by atoms with E-state index in [0.29, 0.717) is 5.65 Å². The SMILES string of the molecule is Cc1ccc(-c2nc(Cl)nc3[nH]ncc23)cc1C. The van der Waals surface area contributed by atoms with E-state index in [1.54, 1.807) is 6.20 Å². The third-order valence-corrected chi connectivity index (χ3v) is 3.23. The third kappa shape index (κ3) is 1.75. The molecule has 5 heteroatoms. The lowest BCUT2D eigenvalue weighted by Crippen LogP contribution is -1.91. The maximum Gasteiger partial charge on any atom is 0.224 e. The van der Waals surface area contributed by atoms with Crippen LogP contribution in [0.4, 0.5) is 0 Å². The molecule has 0 bridgehead atoms. The van der Waals surface area contributed by atoms with Crippen LogP contribution in [0.3, 0.4) is 0 Å². The Labute approximate surface area is 109 Å². The van der Waals surface area contributed by atoms with Gasteiger partial charge < -0.3 is 0 Å². The molecular weight excluding hydrogens is 248 g/mol. The van der Waals surface area contributed by atoms with Crippen molar-refractivity contribution in [1.29, 1.82) is 0 Å². The van der Waals surface area contributed by atoms with E-state index >= 15 is 0 Å². The van der Waals surface area contributed by atoms with E-state index < -0.39 is 0 Å². The minimum atomic E-state index is 0.222. The number of rotatable bonds is 1. The molecule has 1 N–H and O–H groups in total. The van der Waals surface area contributed by atoms with Gasteiger partial charge in [-0.1, -0.05) is 12.1 Å². The summed E-state index contributed by atoms with van der Waals surface area (Å²) in [6, 6.07) is 6.21. The molecule has 3 aromatic rings. The number of nitrogens with zero attached hydrogens (tertiary/aromatic N) is 3. The Bertz CT molecular complexity index is 733. The molecule has 0 amide bonds. The standard InChI is InChI=1S/C13H11ClN4/c1-7-3-4-9(5-8(7)2)11-10-6-15-18-12(10)17-13(14)16-11/h3-6H,1-2H3,(H,15,16,17,18). The second kappa shape index (κ2) is 4.07. The van der Waals surface area contributed by atoms with Gasteiger partial charge in [-0.3, -0.25) is 5.10 Å². The van der Waals surface area contributed by atoms with Gasteiger partial charge in [0.1, 0.15) is 0 Å². The fraction of sp³-hybridized carbons (Fsp3) is 0.154. The highest BCUT2D eigenvalue weighted by atomic mass is 35.5. The predicted octanol–water partition coefficient (Wildman–Crippen LogP) is 3.29. The Morgan fingerprint density at radius 1 is 1.11 bits per heavy atom. The molecule has 0 saturated carbocycles. The molecule has 0 aliphatic carbocycles. The number of nitrogens with one attached hydrogen (secondary N) is 1. The molecule has 0 aliphatic heterocycles. The van der Waals surface area contributed by atoms with E-state index in [2.05, 4.69) is 46.1 Å². The monoisotopic (exact) mass is 258 g/mol. The summed E-state index contributed by atoms with van der Waals surface area (Å²) in [4.78, 5) is 8.41. The van der Waals surface area contributed by atoms with Gasteiger partial charge in [-0.15, -0.1) is 0 Å². The normalized spacial score (nSPS) is 11.1. The summed E-state index contributed by atoms with van der Waals surface area (Å²) in [5.41, 5.74) is 4.96. The molecular formula is C13H11ClN4. The number of fused-ring (bicyclic) bond motifs is 1. The molecule has 0 spiro atoms. The van der Waals surface area contributed by atoms with Crippen molar-refractivity contribution in [3.8, 4) is 11.3 Å². The first-order valence-corrected chi connectivity index (χ1v) is 5.97. The predicted molar refractivity (Wildman–Crippen MR) is 71.6 cm³/mol. The van der Waals surface area contributed by atoms with Crippen LogP contribution in [0.2, 0.25) is 5.28 Å². The number of hydrogen-bond acceptors (Lipinski definition) is 3. The molecule has 18 heavy (non-hydrogen) atoms. The Kier molecular flexibility index (Phi) is 2.52. The third-order valence-electron chi connectivity index (χ3n) is 3.06. The first-order valence-electron chi connectivity index (χ1n) is 5.59. The zero-order chi connectivity index (χ0) is 12.7. The highest BCUT2D eigenvalue weighted by Gasteiger charge is 2.10. The van der Waals surface area contributed by atoms with Gasteiger partial charge in [0.05, 0.1) is 17.3 Å². The van der Waals surface area contributed by atoms with Gasteiger partial charge in [0.15, 0.2) is 5.65 Å². The second-order valence-corrected chi connectivity index (χ2v) is 4.61. The minimum absolute atomic E-state index is 0.222. The lowest BCUT2D eigenvalue weighted by Gasteiger charge is -2.06. The number of aromatic amines is 1. The Morgan fingerprint density at radius 2 is 1.94 bits per heavy atom. The van der Waals surface area contributed by atoms with E-state index in [4.69, 9.17) is 11.6 Å². The van der Waals surface area contributed by atoms with Crippen molar-refractivity contribution in [1.82, 2.24) is 20.2 Å². The molecule has 0 saturated heterocycles. The zero-order valence-corrected chi connectivity index (χ0v) is 10.8. The van der Waals surface area contributed by atoms with Gasteiger partial charge in [-0.05, 0) is 42.6 Å². The van der Waals surface area contributed by atoms with Gasteiger partial charge in [-0.2, -0.15) is 10.1 Å². The van der Waals surface area contributed by atoms with Crippen molar-refractivity contribution in [2.24, 2.45) is 0 Å². The number of benzene rings is 1. The maximum absolute atomic E-state index is 5.93. The van der Waals surface area contributed by atoms with E-state index in [0.717, 1.165) is 16.6 Å². The smallest absolute Gasteiger partial charge is 0.224 e. The van der Waals surface area contributed by atoms with Crippen LogP contribution in [-0.2, 0) is 0 Å². The van der Waals surface area contributed by atoms with Crippen molar-refractivity contribution in [2.45, 2.75) is 13.8 Å². The lowest BCUT2D eigenvalue weighted by molar-refractivity contribution is 1.09. The van der Waals surface area contributed by atoms with Crippen LogP contribution in [0.15, 0.2) is 24.4 Å². The highest BCUT2D eigenvalue weighted by Crippen LogP contribution is 2.27. The van der Waals surface area contributed by atoms with Crippen molar-refractivity contribution in [2.75, 3.05) is 0 Å². The maximum atomic E-state index is 5.93. The molecule has 2 aromatic heterocycles. The second-order valence-electron chi connectivity index (χ2n) is 4.27. The van der Waals surface area contributed by atoms with Crippen LogP contribution < -0.4 is 0 Å². The van der Waals surface area contributed by atoms with Crippen molar-refractivity contribution in [3.05, 3.63) is 40.8 Å². The van der Waals surface area contributed by atoms with Gasteiger partial charge in [0.25, 0.3) is 0 Å². The summed E-state index contributed by atoms with van der Waals surface area (Å²) in [7, 11) is 0. The van der Waals surface area contributed by atoms with Crippen LogP contribution in [0, 0.1) is 13.8 Å². The minimum Gasteiger partial charge on any atom is -0.261 e. The lowest BCUT2D eigenvalue weighted by atomic mass is 10.0. The van der Waals surface area contributed by atoms with Crippen LogP contribution in [0.25, 0.3) is 22.3 Å². The average Bonchev–Trinajstić information content (AvgIpc) is 2.79. The summed E-state index contributed by atoms with van der Waals surface area (Å²) in [6.07, 6.45) is 1.72. The van der Waals surface area contributed by atoms with Crippen molar-refractivity contribution in [3.63, 3.8) is 0 Å². The first kappa shape index (κ1) is 11.2. The van der Waals surface area contributed by atoms with E-state index in [1.807, 2.05) is 6.07 Å². The van der Waals surface area contributed by atoms with E-state index in [9.17, 15) is 0 Å². The number of aryl methyl sites for hydroxylation is 2. The fourth-order valence-electron chi connectivity index (χ4n) is 1.92. The molecule has 4 nitrogen and oxygen atoms in total. The summed E-state index contributed by atoms with van der Waals surface area (Å²) in [5, 5.41) is 7.89. The molecule has 0 atom stereocenters. The summed E-state index contributed by atoms with van der Waals surface area (Å²) in [5.74, 6) is 0.